The molecule has 0 bridgehead atoms. The van der Waals surface area contributed by atoms with Gasteiger partial charge >= 0.3 is 6.03 Å². The van der Waals surface area contributed by atoms with Crippen LogP contribution in [0.5, 0.6) is 0 Å². The van der Waals surface area contributed by atoms with E-state index in [1.807, 2.05) is 6.07 Å². The summed E-state index contributed by atoms with van der Waals surface area (Å²) in [6, 6.07) is 10.3. The van der Waals surface area contributed by atoms with E-state index in [-0.39, 0.29) is 18.2 Å². The van der Waals surface area contributed by atoms with Gasteiger partial charge in [0.15, 0.2) is 0 Å². The lowest BCUT2D eigenvalue weighted by Crippen LogP contribution is -2.53. The summed E-state index contributed by atoms with van der Waals surface area (Å²) in [5.74, 6) is 1.14. The fourth-order valence-corrected chi connectivity index (χ4v) is 3.46. The summed E-state index contributed by atoms with van der Waals surface area (Å²) < 4.78 is 0. The van der Waals surface area contributed by atoms with Gasteiger partial charge in [-0.05, 0) is 36.7 Å². The topological polar surface area (TPSA) is 61.4 Å². The second-order valence-electron chi connectivity index (χ2n) is 6.49. The number of urea groups is 1. The first kappa shape index (κ1) is 14.4. The van der Waals surface area contributed by atoms with Gasteiger partial charge in [0, 0.05) is 6.54 Å². The van der Waals surface area contributed by atoms with Crippen LogP contribution in [0.2, 0.25) is 0 Å². The Morgan fingerprint density at radius 2 is 1.95 bits per heavy atom. The van der Waals surface area contributed by atoms with Crippen molar-refractivity contribution >= 4 is 6.03 Å². The fourth-order valence-electron chi connectivity index (χ4n) is 3.46. The van der Waals surface area contributed by atoms with Crippen molar-refractivity contribution in [2.24, 2.45) is 5.92 Å². The molecule has 0 spiro atoms. The minimum atomic E-state index is -0.382. The van der Waals surface area contributed by atoms with Crippen molar-refractivity contribution in [1.82, 2.24) is 10.6 Å². The van der Waals surface area contributed by atoms with Crippen LogP contribution in [0.25, 0.3) is 0 Å². The zero-order chi connectivity index (χ0) is 14.7. The third-order valence-corrected chi connectivity index (χ3v) is 4.92. The summed E-state index contributed by atoms with van der Waals surface area (Å²) in [6.45, 7) is 0.753. The van der Waals surface area contributed by atoms with E-state index in [1.165, 1.54) is 5.56 Å². The van der Waals surface area contributed by atoms with Crippen molar-refractivity contribution in [1.29, 1.82) is 0 Å². The molecule has 0 aromatic heterocycles. The zero-order valence-corrected chi connectivity index (χ0v) is 12.3. The summed E-state index contributed by atoms with van der Waals surface area (Å²) in [5.41, 5.74) is 0.985. The number of hydrogen-bond acceptors (Lipinski definition) is 2. The van der Waals surface area contributed by atoms with Crippen LogP contribution in [0.3, 0.4) is 0 Å². The van der Waals surface area contributed by atoms with Crippen molar-refractivity contribution in [3.05, 3.63) is 35.9 Å². The first-order chi connectivity index (χ1) is 10.2. The maximum Gasteiger partial charge on any atom is 0.315 e. The molecular formula is C17H24N2O2. The molecule has 2 atom stereocenters. The molecule has 4 nitrogen and oxygen atoms in total. The van der Waals surface area contributed by atoms with Crippen molar-refractivity contribution in [2.75, 3.05) is 13.2 Å². The molecule has 2 amide bonds. The average molecular weight is 288 g/mol. The SMILES string of the molecule is O=C(NCC1CC1c1ccccc1)NC1(CO)CCCC1. The number of benzene rings is 1. The maximum atomic E-state index is 12.0. The van der Waals surface area contributed by atoms with Crippen LogP contribution in [-0.2, 0) is 0 Å². The van der Waals surface area contributed by atoms with Gasteiger partial charge in [-0.15, -0.1) is 0 Å². The Labute approximate surface area is 125 Å². The first-order valence-corrected chi connectivity index (χ1v) is 7.94. The molecule has 2 unspecified atom stereocenters. The Hall–Kier alpha value is -1.55. The van der Waals surface area contributed by atoms with E-state index in [1.54, 1.807) is 0 Å². The van der Waals surface area contributed by atoms with E-state index >= 15 is 0 Å². The van der Waals surface area contributed by atoms with Crippen LogP contribution >= 0.6 is 0 Å². The van der Waals surface area contributed by atoms with E-state index in [9.17, 15) is 9.90 Å². The largest absolute Gasteiger partial charge is 0.394 e. The lowest BCUT2D eigenvalue weighted by atomic mass is 9.99. The quantitative estimate of drug-likeness (QED) is 0.779. The second kappa shape index (κ2) is 6.06. The van der Waals surface area contributed by atoms with Gasteiger partial charge in [-0.1, -0.05) is 43.2 Å². The highest BCUT2D eigenvalue weighted by atomic mass is 16.3. The Bertz CT molecular complexity index is 483. The van der Waals surface area contributed by atoms with Crippen LogP contribution in [-0.4, -0.2) is 29.8 Å². The smallest absolute Gasteiger partial charge is 0.315 e. The number of aliphatic hydroxyl groups excluding tert-OH is 1. The van der Waals surface area contributed by atoms with Crippen LogP contribution in [0.4, 0.5) is 4.79 Å². The number of hydrogen-bond donors (Lipinski definition) is 3. The zero-order valence-electron chi connectivity index (χ0n) is 12.3. The van der Waals surface area contributed by atoms with Gasteiger partial charge in [-0.25, -0.2) is 4.79 Å². The highest BCUT2D eigenvalue weighted by molar-refractivity contribution is 5.75. The van der Waals surface area contributed by atoms with Gasteiger partial charge in [0.1, 0.15) is 0 Å². The molecule has 0 heterocycles. The van der Waals surface area contributed by atoms with E-state index in [2.05, 4.69) is 34.9 Å². The summed E-state index contributed by atoms with van der Waals surface area (Å²) >= 11 is 0. The summed E-state index contributed by atoms with van der Waals surface area (Å²) in [7, 11) is 0. The molecule has 21 heavy (non-hydrogen) atoms. The molecule has 0 aliphatic heterocycles. The van der Waals surface area contributed by atoms with Crippen molar-refractivity contribution < 1.29 is 9.90 Å². The second-order valence-corrected chi connectivity index (χ2v) is 6.49. The van der Waals surface area contributed by atoms with Crippen LogP contribution in [0.1, 0.15) is 43.6 Å². The number of carbonyl (C=O) groups is 1. The molecule has 3 N–H and O–H groups in total. The van der Waals surface area contributed by atoms with Gasteiger partial charge in [0.05, 0.1) is 12.1 Å². The van der Waals surface area contributed by atoms with Crippen molar-refractivity contribution in [3.8, 4) is 0 Å². The standard InChI is InChI=1S/C17H24N2O2/c20-12-17(8-4-5-9-17)19-16(21)18-11-14-10-15(14)13-6-2-1-3-7-13/h1-3,6-7,14-15,20H,4-5,8-12H2,(H2,18,19,21). The molecule has 114 valence electrons. The van der Waals surface area contributed by atoms with Crippen LogP contribution in [0, 0.1) is 5.92 Å². The lowest BCUT2D eigenvalue weighted by Gasteiger charge is -2.28. The predicted molar refractivity (Wildman–Crippen MR) is 82.1 cm³/mol. The third-order valence-electron chi connectivity index (χ3n) is 4.92. The molecule has 2 fully saturated rings. The molecule has 0 radical (unpaired) electrons. The van der Waals surface area contributed by atoms with E-state index in [0.29, 0.717) is 18.4 Å². The predicted octanol–water partition coefficient (Wildman–Crippen LogP) is 2.39. The van der Waals surface area contributed by atoms with Gasteiger partial charge in [-0.2, -0.15) is 0 Å². The minimum absolute atomic E-state index is 0.0382. The minimum Gasteiger partial charge on any atom is -0.394 e. The maximum absolute atomic E-state index is 12.0. The summed E-state index contributed by atoms with van der Waals surface area (Å²) in [5, 5.41) is 15.5. The molecular weight excluding hydrogens is 264 g/mol. The molecule has 1 aromatic rings. The molecule has 1 aromatic carbocycles. The number of amides is 2. The molecule has 3 rings (SSSR count). The summed E-state index contributed by atoms with van der Waals surface area (Å²) in [6.07, 6.45) is 5.08. The lowest BCUT2D eigenvalue weighted by molar-refractivity contribution is 0.163. The Morgan fingerprint density at radius 3 is 2.62 bits per heavy atom. The van der Waals surface area contributed by atoms with Gasteiger partial charge in [-0.3, -0.25) is 0 Å². The molecule has 2 saturated carbocycles. The Morgan fingerprint density at radius 1 is 1.24 bits per heavy atom. The number of carbonyl (C=O) groups excluding carboxylic acids is 1. The average Bonchev–Trinajstić information content (AvgIpc) is 3.16. The van der Waals surface area contributed by atoms with E-state index in [0.717, 1.165) is 32.1 Å². The van der Waals surface area contributed by atoms with Crippen LogP contribution in [0.15, 0.2) is 30.3 Å². The fraction of sp³-hybridized carbons (Fsp3) is 0.588. The normalized spacial score (nSPS) is 26.3. The van der Waals surface area contributed by atoms with Crippen molar-refractivity contribution in [2.45, 2.75) is 43.6 Å². The molecule has 0 saturated heterocycles. The van der Waals surface area contributed by atoms with Crippen molar-refractivity contribution in [3.63, 3.8) is 0 Å². The third kappa shape index (κ3) is 3.38. The van der Waals surface area contributed by atoms with E-state index < -0.39 is 0 Å². The highest BCUT2D eigenvalue weighted by Crippen LogP contribution is 2.46. The number of rotatable bonds is 5. The Kier molecular flexibility index (Phi) is 4.15. The van der Waals surface area contributed by atoms with Gasteiger partial charge < -0.3 is 15.7 Å². The van der Waals surface area contributed by atoms with E-state index in [4.69, 9.17) is 0 Å². The first-order valence-electron chi connectivity index (χ1n) is 7.94. The molecule has 2 aliphatic carbocycles. The van der Waals surface area contributed by atoms with Gasteiger partial charge in [0.25, 0.3) is 0 Å². The molecule has 2 aliphatic rings. The highest BCUT2D eigenvalue weighted by Gasteiger charge is 2.39. The number of aliphatic hydroxyl groups is 1. The molecule has 4 heteroatoms. The van der Waals surface area contributed by atoms with Gasteiger partial charge in [0.2, 0.25) is 0 Å². The number of nitrogens with one attached hydrogen (secondary N) is 2. The van der Waals surface area contributed by atoms with Crippen LogP contribution < -0.4 is 10.6 Å². The monoisotopic (exact) mass is 288 g/mol. The summed E-state index contributed by atoms with van der Waals surface area (Å²) in [4.78, 5) is 12.0. The Balaban J connectivity index is 1.43.